The molecule has 0 fully saturated rings. The summed E-state index contributed by atoms with van der Waals surface area (Å²) in [5, 5.41) is 8.61. The number of likely N-dealkylation sites (N-methyl/N-ethyl adjacent to an activating group) is 1. The number of rotatable bonds is 6. The van der Waals surface area contributed by atoms with Crippen LogP contribution in [0.3, 0.4) is 0 Å². The van der Waals surface area contributed by atoms with Gasteiger partial charge in [0, 0.05) is 12.4 Å². The topological polar surface area (TPSA) is 58.4 Å². The molecule has 1 aromatic rings. The molecule has 0 bridgehead atoms. The summed E-state index contributed by atoms with van der Waals surface area (Å²) in [6, 6.07) is 0. The van der Waals surface area contributed by atoms with E-state index in [0.29, 0.717) is 6.54 Å². The Labute approximate surface area is 91.3 Å². The minimum atomic E-state index is -2.65. The third kappa shape index (κ3) is 3.27. The maximum absolute atomic E-state index is 12.5. The van der Waals surface area contributed by atoms with Gasteiger partial charge in [-0.25, -0.2) is 4.98 Å². The van der Waals surface area contributed by atoms with Crippen LogP contribution in [0.25, 0.3) is 0 Å². The molecule has 0 unspecified atom stereocenters. The Balaban J connectivity index is 2.70. The first kappa shape index (κ1) is 12.6. The Bertz CT molecular complexity index is 354. The van der Waals surface area contributed by atoms with Crippen molar-refractivity contribution in [2.24, 2.45) is 0 Å². The molecule has 5 nitrogen and oxygen atoms in total. The fourth-order valence-electron chi connectivity index (χ4n) is 1.31. The third-order valence-electron chi connectivity index (χ3n) is 2.13. The van der Waals surface area contributed by atoms with Gasteiger partial charge >= 0.3 is 12.5 Å². The molecule has 0 amide bonds. The van der Waals surface area contributed by atoms with Crippen LogP contribution in [-0.2, 0) is 11.3 Å². The van der Waals surface area contributed by atoms with Gasteiger partial charge in [0.15, 0.2) is 0 Å². The van der Waals surface area contributed by atoms with Crippen molar-refractivity contribution in [1.29, 1.82) is 0 Å². The number of carboxylic acid groups (broad SMARTS) is 1. The zero-order valence-corrected chi connectivity index (χ0v) is 8.81. The number of aliphatic carboxylic acids is 1. The van der Waals surface area contributed by atoms with Gasteiger partial charge in [-0.3, -0.25) is 14.3 Å². The van der Waals surface area contributed by atoms with Crippen molar-refractivity contribution in [2.75, 3.05) is 13.1 Å². The average Bonchev–Trinajstić information content (AvgIpc) is 2.64. The van der Waals surface area contributed by atoms with Gasteiger partial charge in [0.25, 0.3) is 0 Å². The lowest BCUT2D eigenvalue weighted by molar-refractivity contribution is -0.138. The van der Waals surface area contributed by atoms with Crippen LogP contribution in [0, 0.1) is 0 Å². The van der Waals surface area contributed by atoms with E-state index in [-0.39, 0.29) is 18.9 Å². The second-order valence-electron chi connectivity index (χ2n) is 3.23. The van der Waals surface area contributed by atoms with Gasteiger partial charge in [0.2, 0.25) is 0 Å². The summed E-state index contributed by atoms with van der Waals surface area (Å²) in [6.07, 6.45) is 2.45. The third-order valence-corrected chi connectivity index (χ3v) is 2.13. The Morgan fingerprint density at radius 3 is 2.88 bits per heavy atom. The first-order chi connectivity index (χ1) is 7.54. The molecule has 0 atom stereocenters. The molecule has 0 aliphatic carbocycles. The van der Waals surface area contributed by atoms with Gasteiger partial charge in [0.05, 0.1) is 13.1 Å². The van der Waals surface area contributed by atoms with Crippen LogP contribution in [0.15, 0.2) is 12.4 Å². The van der Waals surface area contributed by atoms with Crippen molar-refractivity contribution >= 4 is 5.97 Å². The van der Waals surface area contributed by atoms with Crippen LogP contribution in [0.2, 0.25) is 0 Å². The SMILES string of the molecule is CCN(CC(=O)O)Cc1nccn1C(F)F. The van der Waals surface area contributed by atoms with Crippen LogP contribution in [0.1, 0.15) is 19.3 Å². The van der Waals surface area contributed by atoms with Crippen LogP contribution in [0.4, 0.5) is 8.78 Å². The minimum Gasteiger partial charge on any atom is -0.480 e. The molecule has 0 aromatic carbocycles. The number of halogens is 2. The van der Waals surface area contributed by atoms with Crippen molar-refractivity contribution in [3.8, 4) is 0 Å². The van der Waals surface area contributed by atoms with Crippen molar-refractivity contribution in [2.45, 2.75) is 20.0 Å². The summed E-state index contributed by atoms with van der Waals surface area (Å²) in [5.74, 6) is -0.824. The van der Waals surface area contributed by atoms with Gasteiger partial charge in [-0.05, 0) is 6.54 Å². The molecule has 16 heavy (non-hydrogen) atoms. The zero-order chi connectivity index (χ0) is 12.1. The Hall–Kier alpha value is -1.50. The standard InChI is InChI=1S/C9H13F2N3O2/c1-2-13(6-8(15)16)5-7-12-3-4-14(7)9(10)11/h3-4,9H,2,5-6H2,1H3,(H,15,16). The highest BCUT2D eigenvalue weighted by Crippen LogP contribution is 2.13. The summed E-state index contributed by atoms with van der Waals surface area (Å²) in [7, 11) is 0. The molecule has 90 valence electrons. The summed E-state index contributed by atoms with van der Waals surface area (Å²) < 4.78 is 25.7. The van der Waals surface area contributed by atoms with Crippen molar-refractivity contribution in [3.63, 3.8) is 0 Å². The molecule has 7 heteroatoms. The summed E-state index contributed by atoms with van der Waals surface area (Å²) in [4.78, 5) is 15.8. The number of hydrogen-bond donors (Lipinski definition) is 1. The number of alkyl halides is 2. The van der Waals surface area contributed by atoms with Crippen LogP contribution in [0.5, 0.6) is 0 Å². The summed E-state index contributed by atoms with van der Waals surface area (Å²) in [5.41, 5.74) is 0. The lowest BCUT2D eigenvalue weighted by Crippen LogP contribution is -2.30. The predicted octanol–water partition coefficient (Wildman–Crippen LogP) is 1.18. The fraction of sp³-hybridized carbons (Fsp3) is 0.556. The Morgan fingerprint density at radius 1 is 1.69 bits per heavy atom. The smallest absolute Gasteiger partial charge is 0.319 e. The molecular formula is C9H13F2N3O2. The quantitative estimate of drug-likeness (QED) is 0.801. The van der Waals surface area contributed by atoms with E-state index in [0.717, 1.165) is 4.57 Å². The minimum absolute atomic E-state index is 0.0974. The van der Waals surface area contributed by atoms with Crippen LogP contribution < -0.4 is 0 Å². The average molecular weight is 233 g/mol. The molecule has 0 saturated carbocycles. The highest BCUT2D eigenvalue weighted by molar-refractivity contribution is 5.69. The fourth-order valence-corrected chi connectivity index (χ4v) is 1.31. The maximum Gasteiger partial charge on any atom is 0.319 e. The first-order valence-electron chi connectivity index (χ1n) is 4.78. The number of nitrogens with zero attached hydrogens (tertiary/aromatic N) is 3. The molecule has 1 aromatic heterocycles. The van der Waals surface area contributed by atoms with E-state index in [1.54, 1.807) is 6.92 Å². The number of aromatic nitrogens is 2. The van der Waals surface area contributed by atoms with Gasteiger partial charge in [-0.1, -0.05) is 6.92 Å². The highest BCUT2D eigenvalue weighted by Gasteiger charge is 2.15. The molecule has 1 N–H and O–H groups in total. The van der Waals surface area contributed by atoms with E-state index in [4.69, 9.17) is 5.11 Å². The van der Waals surface area contributed by atoms with Crippen LogP contribution >= 0.6 is 0 Å². The second kappa shape index (κ2) is 5.55. The normalized spacial score (nSPS) is 11.3. The van der Waals surface area contributed by atoms with E-state index in [9.17, 15) is 13.6 Å². The van der Waals surface area contributed by atoms with E-state index in [1.807, 2.05) is 0 Å². The highest BCUT2D eigenvalue weighted by atomic mass is 19.3. The first-order valence-corrected chi connectivity index (χ1v) is 4.78. The lowest BCUT2D eigenvalue weighted by atomic mass is 10.4. The largest absolute Gasteiger partial charge is 0.480 e. The molecule has 0 spiro atoms. The number of hydrogen-bond acceptors (Lipinski definition) is 3. The number of carbonyl (C=O) groups is 1. The molecule has 0 aliphatic rings. The molecule has 0 saturated heterocycles. The van der Waals surface area contributed by atoms with Gasteiger partial charge < -0.3 is 5.11 Å². The van der Waals surface area contributed by atoms with E-state index < -0.39 is 12.5 Å². The number of carboxylic acids is 1. The Morgan fingerprint density at radius 2 is 2.38 bits per heavy atom. The van der Waals surface area contributed by atoms with Crippen molar-refractivity contribution in [1.82, 2.24) is 14.5 Å². The molecular weight excluding hydrogens is 220 g/mol. The van der Waals surface area contributed by atoms with Crippen molar-refractivity contribution in [3.05, 3.63) is 18.2 Å². The van der Waals surface area contributed by atoms with E-state index in [1.165, 1.54) is 17.3 Å². The number of imidazole rings is 1. The van der Waals surface area contributed by atoms with Gasteiger partial charge in [-0.15, -0.1) is 0 Å². The molecule has 0 aliphatic heterocycles. The Kier molecular flexibility index (Phi) is 4.36. The van der Waals surface area contributed by atoms with Crippen LogP contribution in [-0.4, -0.2) is 38.6 Å². The van der Waals surface area contributed by atoms with Crippen molar-refractivity contribution < 1.29 is 18.7 Å². The van der Waals surface area contributed by atoms with E-state index in [2.05, 4.69) is 4.98 Å². The molecule has 0 radical (unpaired) electrons. The second-order valence-corrected chi connectivity index (χ2v) is 3.23. The summed E-state index contributed by atoms with van der Waals surface area (Å²) in [6.45, 7) is -0.519. The zero-order valence-electron chi connectivity index (χ0n) is 8.81. The van der Waals surface area contributed by atoms with E-state index >= 15 is 0 Å². The molecule has 1 rings (SSSR count). The lowest BCUT2D eigenvalue weighted by Gasteiger charge is -2.17. The predicted molar refractivity (Wildman–Crippen MR) is 52.1 cm³/mol. The maximum atomic E-state index is 12.5. The van der Waals surface area contributed by atoms with Gasteiger partial charge in [0.1, 0.15) is 5.82 Å². The van der Waals surface area contributed by atoms with Gasteiger partial charge in [-0.2, -0.15) is 8.78 Å². The monoisotopic (exact) mass is 233 g/mol. The molecule has 1 heterocycles. The summed E-state index contributed by atoms with van der Waals surface area (Å²) >= 11 is 0.